The smallest absolute Gasteiger partial charge is 0.137 e. The SMILES string of the molecule is COc1ccc(N(C)CC(C)Cl)nc1. The topological polar surface area (TPSA) is 25.4 Å². The Bertz CT molecular complexity index is 274. The average molecular weight is 215 g/mol. The van der Waals surface area contributed by atoms with Crippen molar-refractivity contribution in [1.82, 2.24) is 4.98 Å². The summed E-state index contributed by atoms with van der Waals surface area (Å²) in [6, 6.07) is 3.80. The number of rotatable bonds is 4. The number of halogens is 1. The number of hydrogen-bond acceptors (Lipinski definition) is 3. The summed E-state index contributed by atoms with van der Waals surface area (Å²) in [7, 11) is 3.59. The lowest BCUT2D eigenvalue weighted by atomic mass is 10.4. The van der Waals surface area contributed by atoms with Gasteiger partial charge in [-0.2, -0.15) is 0 Å². The van der Waals surface area contributed by atoms with Crippen LogP contribution in [0.2, 0.25) is 0 Å². The van der Waals surface area contributed by atoms with Crippen LogP contribution in [0.3, 0.4) is 0 Å². The van der Waals surface area contributed by atoms with Gasteiger partial charge in [0.2, 0.25) is 0 Å². The standard InChI is InChI=1S/C10H15ClN2O/c1-8(11)7-13(2)10-5-4-9(14-3)6-12-10/h4-6,8H,7H2,1-3H3. The number of hydrogen-bond donors (Lipinski definition) is 0. The van der Waals surface area contributed by atoms with Crippen LogP contribution < -0.4 is 9.64 Å². The molecule has 4 heteroatoms. The van der Waals surface area contributed by atoms with E-state index in [0.717, 1.165) is 18.1 Å². The molecule has 0 aliphatic carbocycles. The number of ether oxygens (including phenoxy) is 1. The molecule has 78 valence electrons. The first kappa shape index (κ1) is 11.1. The Morgan fingerprint density at radius 3 is 2.71 bits per heavy atom. The van der Waals surface area contributed by atoms with E-state index >= 15 is 0 Å². The Balaban J connectivity index is 2.66. The zero-order valence-corrected chi connectivity index (χ0v) is 9.45. The minimum atomic E-state index is 0.115. The molecule has 0 fully saturated rings. The van der Waals surface area contributed by atoms with Crippen LogP contribution in [-0.2, 0) is 0 Å². The highest BCUT2D eigenvalue weighted by atomic mass is 35.5. The Labute approximate surface area is 89.7 Å². The molecular weight excluding hydrogens is 200 g/mol. The lowest BCUT2D eigenvalue weighted by Gasteiger charge is -2.19. The minimum Gasteiger partial charge on any atom is -0.495 e. The third kappa shape index (κ3) is 3.07. The first-order chi connectivity index (χ1) is 6.63. The normalized spacial score (nSPS) is 12.3. The van der Waals surface area contributed by atoms with Crippen molar-refractivity contribution in [2.45, 2.75) is 12.3 Å². The predicted molar refractivity (Wildman–Crippen MR) is 59.4 cm³/mol. The summed E-state index contributed by atoms with van der Waals surface area (Å²) in [5.41, 5.74) is 0. The van der Waals surface area contributed by atoms with Gasteiger partial charge in [-0.3, -0.25) is 0 Å². The van der Waals surface area contributed by atoms with Crippen molar-refractivity contribution in [2.75, 3.05) is 25.6 Å². The molecule has 0 N–H and O–H groups in total. The Morgan fingerprint density at radius 2 is 2.29 bits per heavy atom. The molecule has 1 heterocycles. The summed E-state index contributed by atoms with van der Waals surface area (Å²) in [6.45, 7) is 2.74. The lowest BCUT2D eigenvalue weighted by Crippen LogP contribution is -2.24. The Hall–Kier alpha value is -0.960. The van der Waals surface area contributed by atoms with E-state index in [2.05, 4.69) is 4.98 Å². The zero-order valence-electron chi connectivity index (χ0n) is 8.70. The van der Waals surface area contributed by atoms with Crippen LogP contribution in [-0.4, -0.2) is 31.1 Å². The van der Waals surface area contributed by atoms with Gasteiger partial charge in [-0.1, -0.05) is 0 Å². The minimum absolute atomic E-state index is 0.115. The number of methoxy groups -OCH3 is 1. The maximum atomic E-state index is 5.89. The second-order valence-electron chi connectivity index (χ2n) is 3.22. The van der Waals surface area contributed by atoms with E-state index in [-0.39, 0.29) is 5.38 Å². The molecule has 0 aliphatic rings. The van der Waals surface area contributed by atoms with Gasteiger partial charge < -0.3 is 9.64 Å². The second kappa shape index (κ2) is 5.05. The molecule has 0 saturated carbocycles. The molecule has 0 bridgehead atoms. The molecule has 1 aromatic heterocycles. The summed E-state index contributed by atoms with van der Waals surface area (Å²) in [5, 5.41) is 0.115. The van der Waals surface area contributed by atoms with Crippen molar-refractivity contribution in [1.29, 1.82) is 0 Å². The highest BCUT2D eigenvalue weighted by Gasteiger charge is 2.05. The van der Waals surface area contributed by atoms with E-state index in [9.17, 15) is 0 Å². The van der Waals surface area contributed by atoms with Crippen molar-refractivity contribution in [2.24, 2.45) is 0 Å². The fourth-order valence-electron chi connectivity index (χ4n) is 1.19. The third-order valence-electron chi connectivity index (χ3n) is 1.87. The van der Waals surface area contributed by atoms with E-state index < -0.39 is 0 Å². The zero-order chi connectivity index (χ0) is 10.6. The first-order valence-corrected chi connectivity index (χ1v) is 4.92. The highest BCUT2D eigenvalue weighted by Crippen LogP contribution is 2.14. The number of aromatic nitrogens is 1. The fourth-order valence-corrected chi connectivity index (χ4v) is 1.40. The molecule has 1 aromatic rings. The molecule has 3 nitrogen and oxygen atoms in total. The van der Waals surface area contributed by atoms with Crippen LogP contribution in [0.15, 0.2) is 18.3 Å². The highest BCUT2D eigenvalue weighted by molar-refractivity contribution is 6.20. The predicted octanol–water partition coefficient (Wildman–Crippen LogP) is 2.15. The molecule has 0 spiro atoms. The van der Waals surface area contributed by atoms with E-state index in [1.807, 2.05) is 31.0 Å². The largest absolute Gasteiger partial charge is 0.495 e. The first-order valence-electron chi connectivity index (χ1n) is 4.48. The van der Waals surface area contributed by atoms with Crippen LogP contribution in [0.5, 0.6) is 5.75 Å². The summed E-state index contributed by atoms with van der Waals surface area (Å²) >= 11 is 5.89. The quantitative estimate of drug-likeness (QED) is 0.719. The van der Waals surface area contributed by atoms with Crippen molar-refractivity contribution in [3.8, 4) is 5.75 Å². The van der Waals surface area contributed by atoms with Crippen molar-refractivity contribution >= 4 is 17.4 Å². The molecule has 0 aliphatic heterocycles. The molecule has 0 radical (unpaired) electrons. The number of pyridine rings is 1. The maximum absolute atomic E-state index is 5.89. The summed E-state index contributed by atoms with van der Waals surface area (Å²) in [4.78, 5) is 6.26. The van der Waals surface area contributed by atoms with Crippen molar-refractivity contribution in [3.05, 3.63) is 18.3 Å². The van der Waals surface area contributed by atoms with Crippen LogP contribution in [0.4, 0.5) is 5.82 Å². The third-order valence-corrected chi connectivity index (χ3v) is 2.01. The van der Waals surface area contributed by atoms with E-state index in [1.54, 1.807) is 13.3 Å². The van der Waals surface area contributed by atoms with Gasteiger partial charge in [0.1, 0.15) is 11.6 Å². The van der Waals surface area contributed by atoms with E-state index in [4.69, 9.17) is 16.3 Å². The van der Waals surface area contributed by atoms with Gasteiger partial charge in [0.25, 0.3) is 0 Å². The van der Waals surface area contributed by atoms with Gasteiger partial charge in [0, 0.05) is 19.0 Å². The summed E-state index contributed by atoms with van der Waals surface area (Å²) < 4.78 is 5.02. The fraction of sp³-hybridized carbons (Fsp3) is 0.500. The van der Waals surface area contributed by atoms with E-state index in [1.165, 1.54) is 0 Å². The number of alkyl halides is 1. The number of anilines is 1. The lowest BCUT2D eigenvalue weighted by molar-refractivity contribution is 0.413. The van der Waals surface area contributed by atoms with Gasteiger partial charge in [0.15, 0.2) is 0 Å². The molecule has 1 rings (SSSR count). The Kier molecular flexibility index (Phi) is 4.01. The van der Waals surface area contributed by atoms with Gasteiger partial charge in [-0.25, -0.2) is 4.98 Å². The van der Waals surface area contributed by atoms with Gasteiger partial charge in [-0.05, 0) is 19.1 Å². The van der Waals surface area contributed by atoms with E-state index in [0.29, 0.717) is 0 Å². The van der Waals surface area contributed by atoms with Gasteiger partial charge >= 0.3 is 0 Å². The average Bonchev–Trinajstić information content (AvgIpc) is 2.17. The molecule has 0 saturated heterocycles. The maximum Gasteiger partial charge on any atom is 0.137 e. The molecular formula is C10H15ClN2O. The van der Waals surface area contributed by atoms with Crippen molar-refractivity contribution in [3.63, 3.8) is 0 Å². The molecule has 1 unspecified atom stereocenters. The van der Waals surface area contributed by atoms with Gasteiger partial charge in [-0.15, -0.1) is 11.6 Å². The van der Waals surface area contributed by atoms with Crippen LogP contribution in [0.25, 0.3) is 0 Å². The van der Waals surface area contributed by atoms with Gasteiger partial charge in [0.05, 0.1) is 13.3 Å². The molecule has 0 amide bonds. The molecule has 14 heavy (non-hydrogen) atoms. The van der Waals surface area contributed by atoms with Crippen LogP contribution >= 0.6 is 11.6 Å². The monoisotopic (exact) mass is 214 g/mol. The molecule has 0 aromatic carbocycles. The Morgan fingerprint density at radius 1 is 1.57 bits per heavy atom. The molecule has 1 atom stereocenters. The summed E-state index contributed by atoms with van der Waals surface area (Å²) in [6.07, 6.45) is 1.70. The second-order valence-corrected chi connectivity index (χ2v) is 3.96. The summed E-state index contributed by atoms with van der Waals surface area (Å²) in [5.74, 6) is 1.67. The van der Waals surface area contributed by atoms with Crippen molar-refractivity contribution < 1.29 is 4.74 Å². The van der Waals surface area contributed by atoms with Crippen LogP contribution in [0.1, 0.15) is 6.92 Å². The van der Waals surface area contributed by atoms with Crippen LogP contribution in [0, 0.1) is 0 Å². The number of nitrogens with zero attached hydrogens (tertiary/aromatic N) is 2.